The Bertz CT molecular complexity index is 912. The molecule has 1 saturated heterocycles. The number of hydrogen-bond acceptors (Lipinski definition) is 6. The fourth-order valence-electron chi connectivity index (χ4n) is 4.01. The maximum absolute atomic E-state index is 13.9. The smallest absolute Gasteiger partial charge is 0.244 e. The van der Waals surface area contributed by atoms with Gasteiger partial charge >= 0.3 is 0 Å². The molecule has 1 aliphatic heterocycles. The molecule has 7 nitrogen and oxygen atoms in total. The first-order valence-electron chi connectivity index (χ1n) is 9.44. The van der Waals surface area contributed by atoms with Gasteiger partial charge in [-0.1, -0.05) is 0 Å². The van der Waals surface area contributed by atoms with E-state index in [0.29, 0.717) is 30.2 Å². The molecule has 0 bridgehead atoms. The molecule has 2 fully saturated rings. The molecule has 3 heterocycles. The molecule has 1 N–H and O–H groups in total. The van der Waals surface area contributed by atoms with Crippen LogP contribution in [0.15, 0.2) is 30.6 Å². The summed E-state index contributed by atoms with van der Waals surface area (Å²) in [6.07, 6.45) is 6.89. The summed E-state index contributed by atoms with van der Waals surface area (Å²) in [6, 6.07) is 3.58. The number of pyridine rings is 1. The number of nitrogens with one attached hydrogen (secondary N) is 1. The van der Waals surface area contributed by atoms with E-state index < -0.39 is 5.82 Å². The molecule has 9 heteroatoms. The quantitative estimate of drug-likeness (QED) is 0.551. The summed E-state index contributed by atoms with van der Waals surface area (Å²) >= 11 is 5.78. The highest BCUT2D eigenvalue weighted by Gasteiger charge is 2.55. The average molecular weight is 418 g/mol. The number of nitrogens with zero attached hydrogens (tertiary/aromatic N) is 4. The summed E-state index contributed by atoms with van der Waals surface area (Å²) in [7, 11) is 1.56. The van der Waals surface area contributed by atoms with Crippen molar-refractivity contribution in [3.63, 3.8) is 0 Å². The molecule has 152 valence electrons. The van der Waals surface area contributed by atoms with E-state index in [4.69, 9.17) is 16.3 Å². The van der Waals surface area contributed by atoms with E-state index in [0.717, 1.165) is 31.3 Å². The van der Waals surface area contributed by atoms with E-state index in [1.165, 1.54) is 6.08 Å². The van der Waals surface area contributed by atoms with Crippen molar-refractivity contribution < 1.29 is 13.9 Å². The van der Waals surface area contributed by atoms with Crippen LogP contribution in [0.4, 0.5) is 10.2 Å². The molecule has 1 saturated carbocycles. The summed E-state index contributed by atoms with van der Waals surface area (Å²) < 4.78 is 18.9. The van der Waals surface area contributed by atoms with Crippen molar-refractivity contribution in [2.24, 2.45) is 17.8 Å². The van der Waals surface area contributed by atoms with Crippen LogP contribution in [0, 0.1) is 23.6 Å². The molecule has 1 aliphatic carbocycles. The number of fused-ring (bicyclic) bond motifs is 1. The van der Waals surface area contributed by atoms with E-state index in [2.05, 4.69) is 20.3 Å². The monoisotopic (exact) mass is 417 g/mol. The van der Waals surface area contributed by atoms with Gasteiger partial charge in [-0.2, -0.15) is 4.98 Å². The van der Waals surface area contributed by atoms with Gasteiger partial charge in [-0.25, -0.2) is 14.4 Å². The zero-order chi connectivity index (χ0) is 20.4. The molecular weight excluding hydrogens is 397 g/mol. The normalized spacial score (nSPS) is 22.6. The minimum Gasteiger partial charge on any atom is -0.481 e. The topological polar surface area (TPSA) is 80.2 Å². The number of methoxy groups -OCH3 is 1. The molecule has 2 aliphatic rings. The molecule has 2 unspecified atom stereocenters. The number of ether oxygens (including phenoxy) is 1. The largest absolute Gasteiger partial charge is 0.481 e. The summed E-state index contributed by atoms with van der Waals surface area (Å²) in [4.78, 5) is 25.7. The Balaban J connectivity index is 1.19. The van der Waals surface area contributed by atoms with Gasteiger partial charge in [0.25, 0.3) is 0 Å². The van der Waals surface area contributed by atoms with Crippen molar-refractivity contribution in [3.05, 3.63) is 47.3 Å². The Morgan fingerprint density at radius 1 is 1.34 bits per heavy atom. The minimum atomic E-state index is -0.446. The van der Waals surface area contributed by atoms with E-state index in [9.17, 15) is 9.18 Å². The van der Waals surface area contributed by atoms with E-state index in [1.54, 1.807) is 25.4 Å². The fraction of sp³-hybridized carbons (Fsp3) is 0.400. The second kappa shape index (κ2) is 8.32. The Morgan fingerprint density at radius 3 is 2.83 bits per heavy atom. The average Bonchev–Trinajstić information content (AvgIpc) is 3.17. The van der Waals surface area contributed by atoms with Crippen LogP contribution >= 0.6 is 11.6 Å². The lowest BCUT2D eigenvalue weighted by Crippen LogP contribution is -2.28. The highest BCUT2D eigenvalue weighted by atomic mass is 35.5. The number of hydrogen-bond donors (Lipinski definition) is 1. The lowest BCUT2D eigenvalue weighted by atomic mass is 10.2. The third kappa shape index (κ3) is 4.48. The number of amides is 1. The second-order valence-corrected chi connectivity index (χ2v) is 7.59. The molecule has 0 radical (unpaired) electrons. The van der Waals surface area contributed by atoms with Crippen LogP contribution in [0.3, 0.4) is 0 Å². The van der Waals surface area contributed by atoms with E-state index in [1.807, 2.05) is 11.0 Å². The molecule has 1 amide bonds. The van der Waals surface area contributed by atoms with Gasteiger partial charge in [0, 0.05) is 38.0 Å². The first-order chi connectivity index (χ1) is 14.0. The molecule has 2 aromatic heterocycles. The van der Waals surface area contributed by atoms with Crippen LogP contribution < -0.4 is 15.0 Å². The minimum absolute atomic E-state index is 0.0553. The van der Waals surface area contributed by atoms with Gasteiger partial charge in [0.15, 0.2) is 11.6 Å². The Labute approximate surface area is 173 Å². The van der Waals surface area contributed by atoms with Gasteiger partial charge in [-0.15, -0.1) is 0 Å². The number of aromatic nitrogens is 3. The summed E-state index contributed by atoms with van der Waals surface area (Å²) in [6.45, 7) is 2.14. The number of piperidine rings is 1. The molecular formula is C20H21ClFN5O2. The van der Waals surface area contributed by atoms with Crippen LogP contribution in [0.5, 0.6) is 5.88 Å². The van der Waals surface area contributed by atoms with Crippen LogP contribution in [0.2, 0.25) is 5.28 Å². The maximum Gasteiger partial charge on any atom is 0.244 e. The van der Waals surface area contributed by atoms with Crippen molar-refractivity contribution in [3.8, 4) is 5.88 Å². The number of carbonyl (C=O) groups is 1. The zero-order valence-electron chi connectivity index (χ0n) is 15.9. The van der Waals surface area contributed by atoms with Gasteiger partial charge < -0.3 is 15.0 Å². The predicted octanol–water partition coefficient (Wildman–Crippen LogP) is 2.57. The summed E-state index contributed by atoms with van der Waals surface area (Å²) in [5.74, 6) is 1.82. The number of halogens is 2. The lowest BCUT2D eigenvalue weighted by molar-refractivity contribution is -0.116. The van der Waals surface area contributed by atoms with Crippen molar-refractivity contribution in [2.75, 3.05) is 31.6 Å². The molecule has 0 spiro atoms. The Kier molecular flexibility index (Phi) is 5.62. The number of rotatable bonds is 7. The molecule has 29 heavy (non-hydrogen) atoms. The molecule has 2 aromatic rings. The molecule has 0 aromatic carbocycles. The van der Waals surface area contributed by atoms with Gasteiger partial charge in [0.2, 0.25) is 17.1 Å². The number of anilines is 1. The van der Waals surface area contributed by atoms with E-state index in [-0.39, 0.29) is 17.0 Å². The van der Waals surface area contributed by atoms with Crippen LogP contribution in [-0.4, -0.2) is 47.6 Å². The fourth-order valence-corrected chi connectivity index (χ4v) is 4.14. The maximum atomic E-state index is 13.9. The zero-order valence-corrected chi connectivity index (χ0v) is 16.6. The second-order valence-electron chi connectivity index (χ2n) is 7.25. The highest BCUT2D eigenvalue weighted by molar-refractivity contribution is 6.28. The van der Waals surface area contributed by atoms with Gasteiger partial charge in [0.1, 0.15) is 0 Å². The lowest BCUT2D eigenvalue weighted by Gasteiger charge is -2.21. The highest BCUT2D eigenvalue weighted by Crippen LogP contribution is 2.54. The van der Waals surface area contributed by atoms with Gasteiger partial charge in [-0.05, 0) is 53.5 Å². The third-order valence-electron chi connectivity index (χ3n) is 5.54. The van der Waals surface area contributed by atoms with Crippen molar-refractivity contribution in [1.29, 1.82) is 0 Å². The van der Waals surface area contributed by atoms with Crippen LogP contribution in [0.1, 0.15) is 12.0 Å². The van der Waals surface area contributed by atoms with Crippen molar-refractivity contribution >= 4 is 29.4 Å². The van der Waals surface area contributed by atoms with Crippen molar-refractivity contribution in [1.82, 2.24) is 20.3 Å². The predicted molar refractivity (Wildman–Crippen MR) is 107 cm³/mol. The van der Waals surface area contributed by atoms with E-state index >= 15 is 0 Å². The molecule has 4 rings (SSSR count). The van der Waals surface area contributed by atoms with Crippen molar-refractivity contribution in [2.45, 2.75) is 6.42 Å². The number of carbonyl (C=O) groups excluding carboxylic acids is 1. The van der Waals surface area contributed by atoms with Gasteiger partial charge in [0.05, 0.1) is 13.3 Å². The molecule has 2 atom stereocenters. The van der Waals surface area contributed by atoms with Crippen LogP contribution in [-0.2, 0) is 4.79 Å². The Morgan fingerprint density at radius 2 is 2.14 bits per heavy atom. The summed E-state index contributed by atoms with van der Waals surface area (Å²) in [5, 5.41) is 2.97. The Hall–Kier alpha value is -2.74. The van der Waals surface area contributed by atoms with Gasteiger partial charge in [-0.3, -0.25) is 4.79 Å². The first-order valence-corrected chi connectivity index (χ1v) is 9.82. The SMILES string of the molecule is COc1ccc(/C=C/C(=O)NCCC2C3CN(c4nc(Cl)ncc4F)CC23)cn1. The first kappa shape index (κ1) is 19.6. The summed E-state index contributed by atoms with van der Waals surface area (Å²) in [5.41, 5.74) is 0.829. The standard InChI is InChI=1S/C20H21ClFN5O2/c1-29-18-5-3-12(8-24-18)2-4-17(28)23-7-6-13-14-10-27(11-15(13)14)19-16(22)9-25-20(21)26-19/h2-5,8-9,13-15H,6-7,10-11H2,1H3,(H,23,28)/b4-2+. The third-order valence-corrected chi connectivity index (χ3v) is 5.72. The van der Waals surface area contributed by atoms with Crippen LogP contribution in [0.25, 0.3) is 6.08 Å².